The summed E-state index contributed by atoms with van der Waals surface area (Å²) in [6, 6.07) is 8.35. The normalized spacial score (nSPS) is 23.4. The van der Waals surface area contributed by atoms with E-state index in [0.29, 0.717) is 32.0 Å². The Morgan fingerprint density at radius 2 is 1.93 bits per heavy atom. The lowest BCUT2D eigenvalue weighted by molar-refractivity contribution is -0.129. The summed E-state index contributed by atoms with van der Waals surface area (Å²) < 4.78 is 0. The van der Waals surface area contributed by atoms with Gasteiger partial charge in [0.2, 0.25) is 5.91 Å². The fourth-order valence-electron chi connectivity index (χ4n) is 4.78. The quantitative estimate of drug-likeness (QED) is 0.778. The molecule has 1 aromatic carbocycles. The van der Waals surface area contributed by atoms with Gasteiger partial charge in [-0.1, -0.05) is 24.3 Å². The highest BCUT2D eigenvalue weighted by atomic mass is 32.1. The summed E-state index contributed by atoms with van der Waals surface area (Å²) in [5.74, 6) is 0.712. The van der Waals surface area contributed by atoms with Gasteiger partial charge in [0, 0.05) is 50.9 Å². The van der Waals surface area contributed by atoms with Gasteiger partial charge in [0.05, 0.1) is 23.2 Å². The minimum atomic E-state index is 0.00965. The second-order valence-corrected chi connectivity index (χ2v) is 9.45. The van der Waals surface area contributed by atoms with Crippen molar-refractivity contribution >= 4 is 23.3 Å². The van der Waals surface area contributed by atoms with E-state index < -0.39 is 0 Å². The molecule has 4 rings (SSSR count). The van der Waals surface area contributed by atoms with Gasteiger partial charge in [0.15, 0.2) is 0 Å². The lowest BCUT2D eigenvalue weighted by Gasteiger charge is -2.32. The van der Waals surface area contributed by atoms with E-state index >= 15 is 0 Å². The molecule has 6 nitrogen and oxygen atoms in total. The molecular formula is C22H28N4O2S. The van der Waals surface area contributed by atoms with Gasteiger partial charge in [-0.3, -0.25) is 4.79 Å². The van der Waals surface area contributed by atoms with E-state index in [9.17, 15) is 9.59 Å². The van der Waals surface area contributed by atoms with Crippen LogP contribution in [0.1, 0.15) is 27.9 Å². The van der Waals surface area contributed by atoms with E-state index in [2.05, 4.69) is 24.0 Å². The summed E-state index contributed by atoms with van der Waals surface area (Å²) in [7, 11) is 3.61. The molecule has 7 heteroatoms. The zero-order valence-electron chi connectivity index (χ0n) is 17.5. The number of carbonyl (C=O) groups excluding carboxylic acids is 2. The summed E-state index contributed by atoms with van der Waals surface area (Å²) in [6.45, 7) is 6.17. The van der Waals surface area contributed by atoms with Gasteiger partial charge in [-0.2, -0.15) is 0 Å². The van der Waals surface area contributed by atoms with Crippen molar-refractivity contribution in [1.29, 1.82) is 0 Å². The number of nitrogens with zero attached hydrogens (tertiary/aromatic N) is 4. The predicted molar refractivity (Wildman–Crippen MR) is 114 cm³/mol. The predicted octanol–water partition coefficient (Wildman–Crippen LogP) is 3.12. The molecule has 2 aliphatic rings. The molecule has 2 aromatic rings. The Morgan fingerprint density at radius 3 is 2.59 bits per heavy atom. The van der Waals surface area contributed by atoms with Gasteiger partial charge < -0.3 is 14.7 Å². The zero-order chi connectivity index (χ0) is 20.7. The number of likely N-dealkylation sites (tertiary alicyclic amines) is 2. The second-order valence-electron chi connectivity index (χ2n) is 8.39. The Kier molecular flexibility index (Phi) is 5.34. The lowest BCUT2D eigenvalue weighted by atomic mass is 9.88. The van der Waals surface area contributed by atoms with Crippen LogP contribution in [0.15, 0.2) is 29.6 Å². The Balaban J connectivity index is 1.56. The molecular weight excluding hydrogens is 384 g/mol. The Labute approximate surface area is 176 Å². The largest absolute Gasteiger partial charge is 0.342 e. The van der Waals surface area contributed by atoms with Crippen LogP contribution in [0.5, 0.6) is 0 Å². The number of aromatic nitrogens is 1. The SMILES string of the molecule is Cc1nc(CC(=O)N2C[C@@H]3CN(C(=O)N(C)C)[C@@H](c4ccccc4C)[C@@H]3C2)cs1. The summed E-state index contributed by atoms with van der Waals surface area (Å²) in [6.07, 6.45) is 0.360. The van der Waals surface area contributed by atoms with Gasteiger partial charge >= 0.3 is 6.03 Å². The van der Waals surface area contributed by atoms with Crippen molar-refractivity contribution in [2.75, 3.05) is 33.7 Å². The van der Waals surface area contributed by atoms with Gasteiger partial charge in [0.1, 0.15) is 0 Å². The minimum Gasteiger partial charge on any atom is -0.342 e. The Morgan fingerprint density at radius 1 is 1.17 bits per heavy atom. The number of urea groups is 1. The van der Waals surface area contributed by atoms with Crippen LogP contribution < -0.4 is 0 Å². The number of aryl methyl sites for hydroxylation is 2. The number of rotatable bonds is 3. The van der Waals surface area contributed by atoms with Crippen LogP contribution in [0, 0.1) is 25.7 Å². The fraction of sp³-hybridized carbons (Fsp3) is 0.500. The van der Waals surface area contributed by atoms with Crippen LogP contribution in [-0.4, -0.2) is 65.4 Å². The van der Waals surface area contributed by atoms with Gasteiger partial charge in [-0.25, -0.2) is 9.78 Å². The van der Waals surface area contributed by atoms with Gasteiger partial charge in [0.25, 0.3) is 0 Å². The molecule has 0 unspecified atom stereocenters. The number of thiazole rings is 1. The van der Waals surface area contributed by atoms with Crippen molar-refractivity contribution in [3.8, 4) is 0 Å². The standard InChI is InChI=1S/C22H28N4O2S/c1-14-7-5-6-8-18(14)21-19-12-25(20(27)9-17-13-29-15(2)23-17)10-16(19)11-26(21)22(28)24(3)4/h5-8,13,16,19,21H,9-12H2,1-4H3/t16-,19-,21+/m1/s1. The Hall–Kier alpha value is -2.41. The number of carbonyl (C=O) groups is 2. The molecule has 0 bridgehead atoms. The van der Waals surface area contributed by atoms with Crippen LogP contribution in [0.2, 0.25) is 0 Å². The van der Waals surface area contributed by atoms with Crippen molar-refractivity contribution < 1.29 is 9.59 Å². The first-order valence-corrected chi connectivity index (χ1v) is 11.0. The maximum Gasteiger partial charge on any atom is 0.320 e. The smallest absolute Gasteiger partial charge is 0.320 e. The van der Waals surface area contributed by atoms with Crippen LogP contribution in [0.25, 0.3) is 0 Å². The second kappa shape index (κ2) is 7.78. The van der Waals surface area contributed by atoms with Crippen molar-refractivity contribution in [1.82, 2.24) is 19.7 Å². The molecule has 0 saturated carbocycles. The molecule has 3 atom stereocenters. The van der Waals surface area contributed by atoms with E-state index in [4.69, 9.17) is 0 Å². The van der Waals surface area contributed by atoms with E-state index in [-0.39, 0.29) is 23.9 Å². The van der Waals surface area contributed by atoms with Crippen molar-refractivity contribution in [3.05, 3.63) is 51.5 Å². The van der Waals surface area contributed by atoms with Crippen LogP contribution in [-0.2, 0) is 11.2 Å². The first kappa shape index (κ1) is 19.9. The molecule has 154 valence electrons. The summed E-state index contributed by atoms with van der Waals surface area (Å²) >= 11 is 1.58. The molecule has 0 N–H and O–H groups in total. The first-order chi connectivity index (χ1) is 13.8. The topological polar surface area (TPSA) is 56.8 Å². The van der Waals surface area contributed by atoms with Crippen LogP contribution in [0.4, 0.5) is 4.79 Å². The van der Waals surface area contributed by atoms with Gasteiger partial charge in [-0.05, 0) is 25.0 Å². The number of amides is 3. The third-order valence-electron chi connectivity index (χ3n) is 6.15. The third kappa shape index (κ3) is 3.75. The van der Waals surface area contributed by atoms with Gasteiger partial charge in [-0.15, -0.1) is 11.3 Å². The van der Waals surface area contributed by atoms with Crippen LogP contribution >= 0.6 is 11.3 Å². The molecule has 0 radical (unpaired) electrons. The molecule has 1 aromatic heterocycles. The average Bonchev–Trinajstić information content (AvgIpc) is 3.36. The molecule has 2 fully saturated rings. The summed E-state index contributed by atoms with van der Waals surface area (Å²) in [5.41, 5.74) is 3.24. The number of hydrogen-bond acceptors (Lipinski definition) is 4. The maximum absolute atomic E-state index is 12.9. The monoisotopic (exact) mass is 412 g/mol. The molecule has 2 saturated heterocycles. The first-order valence-electron chi connectivity index (χ1n) is 10.1. The molecule has 29 heavy (non-hydrogen) atoms. The molecule has 0 spiro atoms. The van der Waals surface area contributed by atoms with E-state index in [1.165, 1.54) is 11.1 Å². The third-order valence-corrected chi connectivity index (χ3v) is 6.97. The summed E-state index contributed by atoms with van der Waals surface area (Å²) in [4.78, 5) is 35.9. The number of hydrogen-bond donors (Lipinski definition) is 0. The highest BCUT2D eigenvalue weighted by Crippen LogP contribution is 2.46. The lowest BCUT2D eigenvalue weighted by Crippen LogP contribution is -2.42. The van der Waals surface area contributed by atoms with Crippen LogP contribution in [0.3, 0.4) is 0 Å². The van der Waals surface area contributed by atoms with E-state index in [1.807, 2.05) is 34.2 Å². The summed E-state index contributed by atoms with van der Waals surface area (Å²) in [5, 5.41) is 2.96. The zero-order valence-corrected chi connectivity index (χ0v) is 18.3. The highest BCUT2D eigenvalue weighted by molar-refractivity contribution is 7.09. The fourth-order valence-corrected chi connectivity index (χ4v) is 5.39. The number of fused-ring (bicyclic) bond motifs is 1. The molecule has 3 amide bonds. The van der Waals surface area contributed by atoms with Crippen molar-refractivity contribution in [2.24, 2.45) is 11.8 Å². The maximum atomic E-state index is 12.9. The molecule has 2 aliphatic heterocycles. The minimum absolute atomic E-state index is 0.00965. The van der Waals surface area contributed by atoms with E-state index in [0.717, 1.165) is 10.7 Å². The molecule has 3 heterocycles. The van der Waals surface area contributed by atoms with Crippen molar-refractivity contribution in [2.45, 2.75) is 26.3 Å². The molecule has 0 aliphatic carbocycles. The van der Waals surface area contributed by atoms with E-state index in [1.54, 1.807) is 30.3 Å². The highest BCUT2D eigenvalue weighted by Gasteiger charge is 2.50. The number of benzene rings is 1. The Bertz CT molecular complexity index is 925. The average molecular weight is 413 g/mol. The van der Waals surface area contributed by atoms with Crippen molar-refractivity contribution in [3.63, 3.8) is 0 Å².